The maximum Gasteiger partial charge on any atom is 0.0593 e. The van der Waals surface area contributed by atoms with E-state index in [1.54, 1.807) is 0 Å². The molecule has 1 aliphatic heterocycles. The first-order chi connectivity index (χ1) is 5.84. The summed E-state index contributed by atoms with van der Waals surface area (Å²) in [6, 6.07) is 0.670. The largest absolute Gasteiger partial charge is 0.380 e. The van der Waals surface area contributed by atoms with Crippen LogP contribution in [0.15, 0.2) is 12.2 Å². The van der Waals surface area contributed by atoms with Crippen LogP contribution in [0.25, 0.3) is 0 Å². The third-order valence-corrected chi connectivity index (χ3v) is 2.40. The number of rotatable bonds is 2. The van der Waals surface area contributed by atoms with Gasteiger partial charge in [0.25, 0.3) is 0 Å². The van der Waals surface area contributed by atoms with Crippen LogP contribution < -0.4 is 0 Å². The van der Waals surface area contributed by atoms with Gasteiger partial charge in [-0.2, -0.15) is 0 Å². The molecule has 0 amide bonds. The Balaban J connectivity index is 2.36. The predicted molar refractivity (Wildman–Crippen MR) is 51.3 cm³/mol. The van der Waals surface area contributed by atoms with E-state index in [1.807, 2.05) is 0 Å². The molecule has 2 heteroatoms. The van der Waals surface area contributed by atoms with Gasteiger partial charge in [0.1, 0.15) is 0 Å². The van der Waals surface area contributed by atoms with E-state index >= 15 is 0 Å². The van der Waals surface area contributed by atoms with Crippen molar-refractivity contribution < 1.29 is 4.74 Å². The highest BCUT2D eigenvalue weighted by Gasteiger charge is 2.14. The Morgan fingerprint density at radius 3 is 3.08 bits per heavy atom. The Morgan fingerprint density at radius 1 is 1.50 bits per heavy atom. The molecule has 12 heavy (non-hydrogen) atoms. The molecule has 1 heterocycles. The Labute approximate surface area is 75.2 Å². The summed E-state index contributed by atoms with van der Waals surface area (Å²) in [6.45, 7) is 8.30. The fraction of sp³-hybridized carbons (Fsp3) is 0.800. The van der Waals surface area contributed by atoms with Crippen LogP contribution in [-0.4, -0.2) is 37.2 Å². The van der Waals surface area contributed by atoms with E-state index in [-0.39, 0.29) is 0 Å². The highest BCUT2D eigenvalue weighted by atomic mass is 16.5. The molecule has 0 saturated carbocycles. The Hall–Kier alpha value is -0.340. The van der Waals surface area contributed by atoms with Crippen molar-refractivity contribution in [2.75, 3.05) is 26.3 Å². The number of nitrogens with zero attached hydrogens (tertiary/aromatic N) is 1. The molecule has 1 unspecified atom stereocenters. The van der Waals surface area contributed by atoms with Crippen molar-refractivity contribution in [2.45, 2.75) is 26.3 Å². The summed E-state index contributed by atoms with van der Waals surface area (Å²) in [6.07, 6.45) is 5.48. The first-order valence-corrected chi connectivity index (χ1v) is 4.77. The maximum atomic E-state index is 5.41. The van der Waals surface area contributed by atoms with Gasteiger partial charge < -0.3 is 4.74 Å². The van der Waals surface area contributed by atoms with Crippen LogP contribution in [0.1, 0.15) is 20.3 Å². The zero-order valence-electron chi connectivity index (χ0n) is 8.12. The lowest BCUT2D eigenvalue weighted by Crippen LogP contribution is -2.33. The average molecular weight is 169 g/mol. The van der Waals surface area contributed by atoms with Crippen molar-refractivity contribution in [3.63, 3.8) is 0 Å². The van der Waals surface area contributed by atoms with Crippen LogP contribution in [-0.2, 0) is 4.74 Å². The summed E-state index contributed by atoms with van der Waals surface area (Å²) in [7, 11) is 0. The van der Waals surface area contributed by atoms with E-state index < -0.39 is 0 Å². The second-order valence-corrected chi connectivity index (χ2v) is 3.31. The summed E-state index contributed by atoms with van der Waals surface area (Å²) >= 11 is 0. The first-order valence-electron chi connectivity index (χ1n) is 4.77. The molecule has 2 nitrogen and oxygen atoms in total. The van der Waals surface area contributed by atoms with Gasteiger partial charge in [-0.25, -0.2) is 0 Å². The van der Waals surface area contributed by atoms with E-state index in [0.717, 1.165) is 32.7 Å². The van der Waals surface area contributed by atoms with E-state index in [9.17, 15) is 0 Å². The van der Waals surface area contributed by atoms with Crippen molar-refractivity contribution in [3.8, 4) is 0 Å². The van der Waals surface area contributed by atoms with E-state index in [0.29, 0.717) is 6.04 Å². The van der Waals surface area contributed by atoms with Gasteiger partial charge in [0.15, 0.2) is 0 Å². The lowest BCUT2D eigenvalue weighted by Gasteiger charge is -2.24. The van der Waals surface area contributed by atoms with Crippen molar-refractivity contribution in [1.82, 2.24) is 4.90 Å². The Bertz CT molecular complexity index is 145. The highest BCUT2D eigenvalue weighted by molar-refractivity contribution is 4.83. The van der Waals surface area contributed by atoms with Gasteiger partial charge in [-0.05, 0) is 20.3 Å². The van der Waals surface area contributed by atoms with Crippen LogP contribution in [0, 0.1) is 0 Å². The number of hydrogen-bond donors (Lipinski definition) is 0. The molecular weight excluding hydrogens is 150 g/mol. The van der Waals surface area contributed by atoms with Gasteiger partial charge in [0.2, 0.25) is 0 Å². The van der Waals surface area contributed by atoms with Crippen LogP contribution in [0.3, 0.4) is 0 Å². The van der Waals surface area contributed by atoms with Gasteiger partial charge in [0, 0.05) is 25.7 Å². The third-order valence-electron chi connectivity index (χ3n) is 2.40. The van der Waals surface area contributed by atoms with Crippen LogP contribution in [0.4, 0.5) is 0 Å². The molecule has 0 aromatic rings. The van der Waals surface area contributed by atoms with Gasteiger partial charge in [-0.1, -0.05) is 12.2 Å². The molecule has 0 radical (unpaired) electrons. The highest BCUT2D eigenvalue weighted by Crippen LogP contribution is 2.07. The second kappa shape index (κ2) is 5.33. The Kier molecular flexibility index (Phi) is 4.33. The van der Waals surface area contributed by atoms with Gasteiger partial charge in [-0.3, -0.25) is 4.90 Å². The molecule has 0 aromatic heterocycles. The third kappa shape index (κ3) is 2.95. The quantitative estimate of drug-likeness (QED) is 0.583. The molecule has 0 bridgehead atoms. The SMILES string of the molecule is C/C=C/CN1CCOCCC1C. The normalized spacial score (nSPS) is 27.7. The van der Waals surface area contributed by atoms with Gasteiger partial charge in [-0.15, -0.1) is 0 Å². The average Bonchev–Trinajstić information content (AvgIpc) is 2.27. The molecular formula is C10H19NO. The van der Waals surface area contributed by atoms with Crippen molar-refractivity contribution in [1.29, 1.82) is 0 Å². The summed E-state index contributed by atoms with van der Waals surface area (Å²) in [5, 5.41) is 0. The van der Waals surface area contributed by atoms with E-state index in [2.05, 4.69) is 30.9 Å². The fourth-order valence-corrected chi connectivity index (χ4v) is 1.45. The van der Waals surface area contributed by atoms with Gasteiger partial charge >= 0.3 is 0 Å². The van der Waals surface area contributed by atoms with Gasteiger partial charge in [0.05, 0.1) is 6.61 Å². The summed E-state index contributed by atoms with van der Waals surface area (Å²) in [4.78, 5) is 2.47. The molecule has 1 atom stereocenters. The predicted octanol–water partition coefficient (Wildman–Crippen LogP) is 1.67. The van der Waals surface area contributed by atoms with Crippen LogP contribution in [0.2, 0.25) is 0 Å². The minimum Gasteiger partial charge on any atom is -0.380 e. The lowest BCUT2D eigenvalue weighted by molar-refractivity contribution is 0.143. The molecule has 1 saturated heterocycles. The number of allylic oxidation sites excluding steroid dienone is 1. The molecule has 0 N–H and O–H groups in total. The summed E-state index contributed by atoms with van der Waals surface area (Å²) in [5.74, 6) is 0. The molecule has 0 aliphatic carbocycles. The standard InChI is InChI=1S/C10H19NO/c1-3-4-6-11-7-9-12-8-5-10(11)2/h3-4,10H,5-9H2,1-2H3/b4-3+. The van der Waals surface area contributed by atoms with Crippen LogP contribution >= 0.6 is 0 Å². The molecule has 1 fully saturated rings. The molecule has 0 aromatic carbocycles. The number of ether oxygens (including phenoxy) is 1. The smallest absolute Gasteiger partial charge is 0.0593 e. The van der Waals surface area contributed by atoms with Crippen LogP contribution in [0.5, 0.6) is 0 Å². The van der Waals surface area contributed by atoms with E-state index in [4.69, 9.17) is 4.74 Å². The maximum absolute atomic E-state index is 5.41. The second-order valence-electron chi connectivity index (χ2n) is 3.31. The zero-order chi connectivity index (χ0) is 8.81. The molecule has 1 rings (SSSR count). The minimum absolute atomic E-state index is 0.670. The summed E-state index contributed by atoms with van der Waals surface area (Å²) in [5.41, 5.74) is 0. The monoisotopic (exact) mass is 169 g/mol. The molecule has 0 spiro atoms. The zero-order valence-corrected chi connectivity index (χ0v) is 8.12. The van der Waals surface area contributed by atoms with Crippen molar-refractivity contribution >= 4 is 0 Å². The van der Waals surface area contributed by atoms with Crippen molar-refractivity contribution in [2.24, 2.45) is 0 Å². The molecule has 70 valence electrons. The topological polar surface area (TPSA) is 12.5 Å². The summed E-state index contributed by atoms with van der Waals surface area (Å²) < 4.78 is 5.41. The minimum atomic E-state index is 0.670. The molecule has 1 aliphatic rings. The van der Waals surface area contributed by atoms with Crippen molar-refractivity contribution in [3.05, 3.63) is 12.2 Å². The number of hydrogen-bond acceptors (Lipinski definition) is 2. The van der Waals surface area contributed by atoms with E-state index in [1.165, 1.54) is 0 Å². The lowest BCUT2D eigenvalue weighted by atomic mass is 10.2. The fourth-order valence-electron chi connectivity index (χ4n) is 1.45. The first kappa shape index (κ1) is 9.75. The Morgan fingerprint density at radius 2 is 2.33 bits per heavy atom.